The maximum atomic E-state index is 13.1. The normalized spacial score (nSPS) is 12.9. The summed E-state index contributed by atoms with van der Waals surface area (Å²) in [5, 5.41) is 18.5. The van der Waals surface area contributed by atoms with Crippen molar-refractivity contribution in [2.75, 3.05) is 23.1 Å². The smallest absolute Gasteiger partial charge is 0.265 e. The van der Waals surface area contributed by atoms with E-state index >= 15 is 0 Å². The zero-order valence-electron chi connectivity index (χ0n) is 21.4. The zero-order valence-corrected chi connectivity index (χ0v) is 22.2. The second kappa shape index (κ2) is 10.9. The highest BCUT2D eigenvalue weighted by molar-refractivity contribution is 7.16. The van der Waals surface area contributed by atoms with E-state index in [-0.39, 0.29) is 29.1 Å². The van der Waals surface area contributed by atoms with Gasteiger partial charge in [-0.05, 0) is 61.5 Å². The lowest BCUT2D eigenvalue weighted by molar-refractivity contribution is -0.110. The molecule has 0 fully saturated rings. The summed E-state index contributed by atoms with van der Waals surface area (Å²) < 4.78 is 5.04. The summed E-state index contributed by atoms with van der Waals surface area (Å²) in [7, 11) is 1.46. The van der Waals surface area contributed by atoms with Crippen LogP contribution in [0.15, 0.2) is 79.0 Å². The maximum absolute atomic E-state index is 13.1. The Labute approximate surface area is 233 Å². The first-order valence-corrected chi connectivity index (χ1v) is 12.9. The SMILES string of the molecule is COc1ccc(N/C=C2/C(=O)Nc3cc(C(=O)c4ccc(NC(=O)c5ccc(C(C)=O)s5)cc4)ccc32)cc1O. The van der Waals surface area contributed by atoms with Crippen LogP contribution in [0.3, 0.4) is 0 Å². The van der Waals surface area contributed by atoms with Gasteiger partial charge in [0.15, 0.2) is 23.1 Å². The first-order valence-electron chi connectivity index (χ1n) is 12.1. The number of rotatable bonds is 8. The number of amides is 2. The molecule has 0 unspecified atom stereocenters. The Balaban J connectivity index is 1.28. The Morgan fingerprint density at radius 1 is 0.900 bits per heavy atom. The van der Waals surface area contributed by atoms with Gasteiger partial charge in [-0.15, -0.1) is 11.3 Å². The number of methoxy groups -OCH3 is 1. The van der Waals surface area contributed by atoms with Crippen molar-refractivity contribution in [3.8, 4) is 11.5 Å². The molecule has 0 aliphatic carbocycles. The zero-order chi connectivity index (χ0) is 28.4. The van der Waals surface area contributed by atoms with E-state index in [0.29, 0.717) is 54.8 Å². The number of nitrogens with one attached hydrogen (secondary N) is 3. The van der Waals surface area contributed by atoms with E-state index in [1.807, 2.05) is 0 Å². The second-order valence-corrected chi connectivity index (χ2v) is 9.97. The molecule has 4 N–H and O–H groups in total. The highest BCUT2D eigenvalue weighted by atomic mass is 32.1. The van der Waals surface area contributed by atoms with Crippen molar-refractivity contribution < 1.29 is 29.0 Å². The first-order chi connectivity index (χ1) is 19.2. The van der Waals surface area contributed by atoms with E-state index in [1.54, 1.807) is 66.7 Å². The summed E-state index contributed by atoms with van der Waals surface area (Å²) in [5.74, 6) is -0.716. The molecule has 0 radical (unpaired) electrons. The van der Waals surface area contributed by atoms with Crippen molar-refractivity contribution in [3.63, 3.8) is 0 Å². The maximum Gasteiger partial charge on any atom is 0.265 e. The molecule has 0 saturated heterocycles. The molecule has 0 saturated carbocycles. The molecule has 2 amide bonds. The first kappa shape index (κ1) is 26.4. The number of thiophene rings is 1. The average Bonchev–Trinajstić information content (AvgIpc) is 3.56. The molecule has 10 heteroatoms. The summed E-state index contributed by atoms with van der Waals surface area (Å²) in [5.41, 5.74) is 3.39. The van der Waals surface area contributed by atoms with Crippen molar-refractivity contribution in [3.05, 3.63) is 105 Å². The number of Topliss-reactive ketones (excluding diaryl/α,β-unsaturated/α-hetero) is 1. The third-order valence-corrected chi connectivity index (χ3v) is 7.39. The van der Waals surface area contributed by atoms with E-state index in [9.17, 15) is 24.3 Å². The van der Waals surface area contributed by atoms with Gasteiger partial charge < -0.3 is 25.8 Å². The second-order valence-electron chi connectivity index (χ2n) is 8.88. The van der Waals surface area contributed by atoms with Crippen molar-refractivity contribution in [2.24, 2.45) is 0 Å². The van der Waals surface area contributed by atoms with Gasteiger partial charge >= 0.3 is 0 Å². The molecule has 200 valence electrons. The van der Waals surface area contributed by atoms with Crippen molar-refractivity contribution in [2.45, 2.75) is 6.92 Å². The number of benzene rings is 3. The topological polar surface area (TPSA) is 134 Å². The number of aromatic hydroxyl groups is 1. The van der Waals surface area contributed by atoms with Crippen LogP contribution in [0.2, 0.25) is 0 Å². The fourth-order valence-corrected chi connectivity index (χ4v) is 4.92. The van der Waals surface area contributed by atoms with Gasteiger partial charge in [-0.2, -0.15) is 0 Å². The van der Waals surface area contributed by atoms with Crippen LogP contribution in [0.1, 0.15) is 47.8 Å². The highest BCUT2D eigenvalue weighted by Crippen LogP contribution is 2.34. The monoisotopic (exact) mass is 553 g/mol. The molecule has 5 rings (SSSR count). The van der Waals surface area contributed by atoms with Crippen molar-refractivity contribution in [1.29, 1.82) is 0 Å². The number of fused-ring (bicyclic) bond motifs is 1. The van der Waals surface area contributed by atoms with Crippen LogP contribution in [-0.2, 0) is 4.79 Å². The lowest BCUT2D eigenvalue weighted by atomic mass is 9.99. The van der Waals surface area contributed by atoms with Crippen LogP contribution < -0.4 is 20.7 Å². The molecular weight excluding hydrogens is 530 g/mol. The summed E-state index contributed by atoms with van der Waals surface area (Å²) in [6.07, 6.45) is 1.54. The predicted molar refractivity (Wildman–Crippen MR) is 153 cm³/mol. The van der Waals surface area contributed by atoms with Crippen LogP contribution in [-0.4, -0.2) is 35.6 Å². The predicted octanol–water partition coefficient (Wildman–Crippen LogP) is 5.55. The molecule has 4 aromatic rings. The number of ether oxygens (including phenoxy) is 1. The number of hydrogen-bond acceptors (Lipinski definition) is 8. The van der Waals surface area contributed by atoms with Gasteiger partial charge in [-0.1, -0.05) is 12.1 Å². The molecule has 40 heavy (non-hydrogen) atoms. The van der Waals surface area contributed by atoms with Gasteiger partial charge in [-0.3, -0.25) is 19.2 Å². The van der Waals surface area contributed by atoms with Crippen LogP contribution in [0, 0.1) is 0 Å². The van der Waals surface area contributed by atoms with Gasteiger partial charge in [-0.25, -0.2) is 0 Å². The largest absolute Gasteiger partial charge is 0.504 e. The number of anilines is 3. The van der Waals surface area contributed by atoms with Gasteiger partial charge in [0, 0.05) is 46.0 Å². The number of ketones is 2. The third kappa shape index (κ3) is 5.33. The van der Waals surface area contributed by atoms with E-state index in [4.69, 9.17) is 4.74 Å². The van der Waals surface area contributed by atoms with Crippen LogP contribution in [0.4, 0.5) is 17.1 Å². The number of phenols is 1. The van der Waals surface area contributed by atoms with Crippen molar-refractivity contribution >= 4 is 57.4 Å². The molecule has 9 nitrogen and oxygen atoms in total. The highest BCUT2D eigenvalue weighted by Gasteiger charge is 2.25. The molecule has 0 bridgehead atoms. The Kier molecular flexibility index (Phi) is 7.17. The molecule has 1 aliphatic heterocycles. The lowest BCUT2D eigenvalue weighted by Crippen LogP contribution is -2.10. The van der Waals surface area contributed by atoms with Gasteiger partial charge in [0.1, 0.15) is 0 Å². The van der Waals surface area contributed by atoms with E-state index < -0.39 is 0 Å². The molecule has 3 aromatic carbocycles. The third-order valence-electron chi connectivity index (χ3n) is 6.21. The molecule has 0 spiro atoms. The van der Waals surface area contributed by atoms with Gasteiger partial charge in [0.2, 0.25) is 0 Å². The molecule has 2 heterocycles. The Hall–Kier alpha value is -5.22. The molecular formula is C30H23N3O6S. The van der Waals surface area contributed by atoms with E-state index in [2.05, 4.69) is 16.0 Å². The summed E-state index contributed by atoms with van der Waals surface area (Å²) in [6, 6.07) is 19.4. The van der Waals surface area contributed by atoms with Gasteiger partial charge in [0.05, 0.1) is 22.4 Å². The Bertz CT molecular complexity index is 1700. The Morgan fingerprint density at radius 2 is 1.60 bits per heavy atom. The van der Waals surface area contributed by atoms with Crippen LogP contribution in [0.25, 0.3) is 5.57 Å². The fraction of sp³-hybridized carbons (Fsp3) is 0.0667. The number of hydrogen-bond donors (Lipinski definition) is 4. The quantitative estimate of drug-likeness (QED) is 0.166. The van der Waals surface area contributed by atoms with Gasteiger partial charge in [0.25, 0.3) is 11.8 Å². The Morgan fingerprint density at radius 3 is 2.27 bits per heavy atom. The lowest BCUT2D eigenvalue weighted by Gasteiger charge is -2.07. The number of carbonyl (C=O) groups excluding carboxylic acids is 4. The van der Waals surface area contributed by atoms with E-state index in [0.717, 1.165) is 11.3 Å². The fourth-order valence-electron chi connectivity index (χ4n) is 4.13. The summed E-state index contributed by atoms with van der Waals surface area (Å²) >= 11 is 1.12. The minimum absolute atomic E-state index is 0.0356. The molecule has 1 aliphatic rings. The molecule has 1 aromatic heterocycles. The van der Waals surface area contributed by atoms with E-state index in [1.165, 1.54) is 26.3 Å². The standard InChI is InChI=1S/C30H23N3O6S/c1-16(34)26-11-12-27(40-26)30(38)32-19-6-3-17(4-7-19)28(36)18-5-9-21-22(29(37)33-23(21)13-18)15-31-20-8-10-25(39-2)24(35)14-20/h3-15,31,35H,1-2H3,(H,32,38)(H,33,37)/b22-15+. The number of phenolic OH excluding ortho intramolecular Hbond substituents is 1. The minimum atomic E-state index is -0.340. The van der Waals surface area contributed by atoms with Crippen molar-refractivity contribution in [1.82, 2.24) is 0 Å². The summed E-state index contributed by atoms with van der Waals surface area (Å²) in [6.45, 7) is 1.45. The number of carbonyl (C=O) groups is 4. The average molecular weight is 554 g/mol. The summed E-state index contributed by atoms with van der Waals surface area (Å²) in [4.78, 5) is 50.6. The minimum Gasteiger partial charge on any atom is -0.504 e. The van der Waals surface area contributed by atoms with Crippen LogP contribution >= 0.6 is 11.3 Å². The van der Waals surface area contributed by atoms with Crippen LogP contribution in [0.5, 0.6) is 11.5 Å². The molecule has 0 atom stereocenters.